The summed E-state index contributed by atoms with van der Waals surface area (Å²) >= 11 is 7.56. The van der Waals surface area contributed by atoms with Crippen LogP contribution >= 0.6 is 23.4 Å². The molecule has 152 valence electrons. The Morgan fingerprint density at radius 1 is 1.14 bits per heavy atom. The highest BCUT2D eigenvalue weighted by molar-refractivity contribution is 7.98. The van der Waals surface area contributed by atoms with E-state index in [0.29, 0.717) is 17.3 Å². The third-order valence-electron chi connectivity index (χ3n) is 4.07. The van der Waals surface area contributed by atoms with Crippen LogP contribution in [0.25, 0.3) is 0 Å². The number of benzene rings is 2. The highest BCUT2D eigenvalue weighted by atomic mass is 35.5. The average molecular weight is 441 g/mol. The van der Waals surface area contributed by atoms with Gasteiger partial charge in [-0.05, 0) is 48.7 Å². The minimum Gasteiger partial charge on any atom is -0.354 e. The molecule has 0 bridgehead atoms. The lowest BCUT2D eigenvalue weighted by Gasteiger charge is -2.24. The van der Waals surface area contributed by atoms with Gasteiger partial charge < -0.3 is 5.32 Å². The zero-order valence-corrected chi connectivity index (χ0v) is 18.6. The first kappa shape index (κ1) is 22.6. The van der Waals surface area contributed by atoms with Gasteiger partial charge in [0.15, 0.2) is 0 Å². The largest absolute Gasteiger partial charge is 0.354 e. The van der Waals surface area contributed by atoms with Crippen LogP contribution in [0.5, 0.6) is 0 Å². The quantitative estimate of drug-likeness (QED) is 0.602. The van der Waals surface area contributed by atoms with Gasteiger partial charge >= 0.3 is 0 Å². The SMILES string of the molecule is Cc1ccc(C)c(N(CC(=O)NCCSCc2ccc(Cl)cc2)S(C)(=O)=O)c1. The number of carbonyl (C=O) groups is 1. The fourth-order valence-corrected chi connectivity index (χ4v) is 4.44. The zero-order chi connectivity index (χ0) is 20.7. The molecule has 0 aliphatic carbocycles. The number of aryl methyl sites for hydroxylation is 2. The Morgan fingerprint density at radius 3 is 2.46 bits per heavy atom. The molecule has 0 aromatic heterocycles. The molecule has 0 radical (unpaired) electrons. The normalized spacial score (nSPS) is 11.3. The second-order valence-electron chi connectivity index (χ2n) is 6.59. The number of carbonyl (C=O) groups excluding carboxylic acids is 1. The molecular formula is C20H25ClN2O3S2. The van der Waals surface area contributed by atoms with Gasteiger partial charge in [0.1, 0.15) is 6.54 Å². The lowest BCUT2D eigenvalue weighted by atomic mass is 10.1. The van der Waals surface area contributed by atoms with E-state index in [4.69, 9.17) is 11.6 Å². The predicted octanol–water partition coefficient (Wildman–Crippen LogP) is 3.77. The Kier molecular flexibility index (Phi) is 8.22. The van der Waals surface area contributed by atoms with Gasteiger partial charge in [-0.2, -0.15) is 11.8 Å². The summed E-state index contributed by atoms with van der Waals surface area (Å²) in [7, 11) is -3.57. The highest BCUT2D eigenvalue weighted by Gasteiger charge is 2.22. The maximum atomic E-state index is 12.3. The van der Waals surface area contributed by atoms with Crippen LogP contribution in [0.1, 0.15) is 16.7 Å². The van der Waals surface area contributed by atoms with Crippen LogP contribution < -0.4 is 9.62 Å². The Hall–Kier alpha value is -1.70. The first-order valence-corrected chi connectivity index (χ1v) is 12.2. The summed E-state index contributed by atoms with van der Waals surface area (Å²) in [5.41, 5.74) is 3.45. The first-order valence-electron chi connectivity index (χ1n) is 8.80. The van der Waals surface area contributed by atoms with E-state index >= 15 is 0 Å². The number of halogens is 1. The van der Waals surface area contributed by atoms with Crippen molar-refractivity contribution in [2.24, 2.45) is 0 Å². The monoisotopic (exact) mass is 440 g/mol. The Balaban J connectivity index is 1.86. The van der Waals surface area contributed by atoms with E-state index in [9.17, 15) is 13.2 Å². The van der Waals surface area contributed by atoms with Crippen LogP contribution in [0.2, 0.25) is 5.02 Å². The van der Waals surface area contributed by atoms with E-state index in [0.717, 1.165) is 33.2 Å². The van der Waals surface area contributed by atoms with Gasteiger partial charge in [-0.1, -0.05) is 35.9 Å². The third-order valence-corrected chi connectivity index (χ3v) is 6.48. The standard InChI is InChI=1S/C20H25ClN2O3S2/c1-15-4-5-16(2)19(12-15)23(28(3,25)26)13-20(24)22-10-11-27-14-17-6-8-18(21)9-7-17/h4-9,12H,10-11,13-14H2,1-3H3,(H,22,24). The maximum absolute atomic E-state index is 12.3. The minimum absolute atomic E-state index is 0.231. The molecule has 8 heteroatoms. The molecule has 0 aliphatic heterocycles. The molecule has 1 N–H and O–H groups in total. The number of hydrogen-bond donors (Lipinski definition) is 1. The number of nitrogens with zero attached hydrogens (tertiary/aromatic N) is 1. The number of sulfonamides is 1. The van der Waals surface area contributed by atoms with Crippen molar-refractivity contribution in [3.05, 3.63) is 64.2 Å². The van der Waals surface area contributed by atoms with E-state index in [2.05, 4.69) is 5.32 Å². The number of thioether (sulfide) groups is 1. The van der Waals surface area contributed by atoms with Crippen molar-refractivity contribution in [2.75, 3.05) is 29.4 Å². The first-order chi connectivity index (χ1) is 13.2. The molecule has 0 aliphatic rings. The van der Waals surface area contributed by atoms with Crippen molar-refractivity contribution in [1.29, 1.82) is 0 Å². The minimum atomic E-state index is -3.57. The summed E-state index contributed by atoms with van der Waals surface area (Å²) < 4.78 is 25.6. The molecule has 5 nitrogen and oxygen atoms in total. The lowest BCUT2D eigenvalue weighted by Crippen LogP contribution is -2.41. The van der Waals surface area contributed by atoms with E-state index in [-0.39, 0.29) is 12.5 Å². The number of anilines is 1. The number of hydrogen-bond acceptors (Lipinski definition) is 4. The lowest BCUT2D eigenvalue weighted by molar-refractivity contribution is -0.119. The average Bonchev–Trinajstić information content (AvgIpc) is 2.62. The van der Waals surface area contributed by atoms with Crippen LogP contribution in [0.3, 0.4) is 0 Å². The molecule has 1 amide bonds. The molecular weight excluding hydrogens is 416 g/mol. The number of nitrogens with one attached hydrogen (secondary N) is 1. The molecule has 2 aromatic rings. The van der Waals surface area contributed by atoms with E-state index in [1.807, 2.05) is 50.2 Å². The van der Waals surface area contributed by atoms with Crippen LogP contribution in [0, 0.1) is 13.8 Å². The molecule has 28 heavy (non-hydrogen) atoms. The number of amides is 1. The van der Waals surface area contributed by atoms with Gasteiger partial charge in [-0.25, -0.2) is 8.42 Å². The molecule has 0 unspecified atom stereocenters. The predicted molar refractivity (Wildman–Crippen MR) is 119 cm³/mol. The molecule has 0 fully saturated rings. The summed E-state index contributed by atoms with van der Waals surface area (Å²) in [5, 5.41) is 3.51. The van der Waals surface area contributed by atoms with Gasteiger partial charge in [-0.15, -0.1) is 0 Å². The Labute approximate surface area is 176 Å². The second-order valence-corrected chi connectivity index (χ2v) is 10.0. The molecule has 0 heterocycles. The van der Waals surface area contributed by atoms with Gasteiger partial charge in [-0.3, -0.25) is 9.10 Å². The highest BCUT2D eigenvalue weighted by Crippen LogP contribution is 2.23. The van der Waals surface area contributed by atoms with Crippen molar-refractivity contribution < 1.29 is 13.2 Å². The van der Waals surface area contributed by atoms with Crippen LogP contribution in [-0.4, -0.2) is 39.4 Å². The van der Waals surface area contributed by atoms with Gasteiger partial charge in [0, 0.05) is 23.1 Å². The summed E-state index contributed by atoms with van der Waals surface area (Å²) in [4.78, 5) is 12.3. The fourth-order valence-electron chi connectivity index (χ4n) is 2.59. The summed E-state index contributed by atoms with van der Waals surface area (Å²) in [6.07, 6.45) is 1.12. The van der Waals surface area contributed by atoms with Gasteiger partial charge in [0.05, 0.1) is 11.9 Å². The van der Waals surface area contributed by atoms with Crippen molar-refractivity contribution in [3.8, 4) is 0 Å². The molecule has 2 rings (SSSR count). The van der Waals surface area contributed by atoms with Crippen LogP contribution in [-0.2, 0) is 20.6 Å². The molecule has 0 atom stereocenters. The van der Waals surface area contributed by atoms with Crippen LogP contribution in [0.15, 0.2) is 42.5 Å². The maximum Gasteiger partial charge on any atom is 0.240 e. The topological polar surface area (TPSA) is 66.5 Å². The molecule has 2 aromatic carbocycles. The van der Waals surface area contributed by atoms with Gasteiger partial charge in [0.25, 0.3) is 0 Å². The van der Waals surface area contributed by atoms with E-state index in [1.54, 1.807) is 17.8 Å². The molecule has 0 saturated heterocycles. The zero-order valence-electron chi connectivity index (χ0n) is 16.2. The smallest absolute Gasteiger partial charge is 0.240 e. The Bertz CT molecular complexity index is 916. The van der Waals surface area contributed by atoms with E-state index < -0.39 is 10.0 Å². The summed E-state index contributed by atoms with van der Waals surface area (Å²) in [5.74, 6) is 1.24. The molecule has 0 saturated carbocycles. The third kappa shape index (κ3) is 7.04. The fraction of sp³-hybridized carbons (Fsp3) is 0.350. The van der Waals surface area contributed by atoms with Crippen molar-refractivity contribution in [3.63, 3.8) is 0 Å². The number of rotatable bonds is 9. The second kappa shape index (κ2) is 10.2. The van der Waals surface area contributed by atoms with Gasteiger partial charge in [0.2, 0.25) is 15.9 Å². The Morgan fingerprint density at radius 2 is 1.82 bits per heavy atom. The summed E-state index contributed by atoms with van der Waals surface area (Å²) in [6, 6.07) is 13.2. The van der Waals surface area contributed by atoms with Crippen LogP contribution in [0.4, 0.5) is 5.69 Å². The van der Waals surface area contributed by atoms with Crippen molar-refractivity contribution in [1.82, 2.24) is 5.32 Å². The summed E-state index contributed by atoms with van der Waals surface area (Å²) in [6.45, 7) is 3.96. The van der Waals surface area contributed by atoms with E-state index in [1.165, 1.54) is 5.56 Å². The molecule has 0 spiro atoms. The van der Waals surface area contributed by atoms with Crippen molar-refractivity contribution in [2.45, 2.75) is 19.6 Å². The van der Waals surface area contributed by atoms with Crippen molar-refractivity contribution >= 4 is 45.0 Å².